The smallest absolute Gasteiger partial charge is 0.243 e. The van der Waals surface area contributed by atoms with Crippen LogP contribution in [0.1, 0.15) is 18.4 Å². The van der Waals surface area contributed by atoms with Crippen molar-refractivity contribution < 1.29 is 9.90 Å². The number of nitrogens with one attached hydrogen (secondary N) is 1. The third-order valence-corrected chi connectivity index (χ3v) is 2.76. The first-order chi connectivity index (χ1) is 8.16. The van der Waals surface area contributed by atoms with Crippen molar-refractivity contribution in [2.45, 2.75) is 12.8 Å². The molecule has 0 bridgehead atoms. The molecular formula is C13H14N2O2. The monoisotopic (exact) mass is 230 g/mol. The zero-order valence-electron chi connectivity index (χ0n) is 9.39. The number of carbonyl (C=O) groups is 1. The molecule has 17 heavy (non-hydrogen) atoms. The predicted molar refractivity (Wildman–Crippen MR) is 65.7 cm³/mol. The fraction of sp³-hybridized carbons (Fsp3) is 0.231. The molecule has 0 aliphatic heterocycles. The van der Waals surface area contributed by atoms with Crippen molar-refractivity contribution in [1.82, 2.24) is 5.43 Å². The van der Waals surface area contributed by atoms with Gasteiger partial charge in [-0.15, -0.1) is 0 Å². The van der Waals surface area contributed by atoms with Gasteiger partial charge in [-0.25, -0.2) is 5.43 Å². The first-order valence-electron chi connectivity index (χ1n) is 5.44. The molecule has 1 amide bonds. The number of rotatable bonds is 3. The molecule has 2 rings (SSSR count). The quantitative estimate of drug-likeness (QED) is 0.472. The van der Waals surface area contributed by atoms with Gasteiger partial charge in [-0.05, 0) is 25.0 Å². The highest BCUT2D eigenvalue weighted by Crippen LogP contribution is 2.31. The maximum atomic E-state index is 11.5. The van der Waals surface area contributed by atoms with Crippen molar-refractivity contribution in [2.75, 3.05) is 0 Å². The summed E-state index contributed by atoms with van der Waals surface area (Å²) >= 11 is 0. The number of nitrogens with zero attached hydrogens (tertiary/aromatic N) is 1. The van der Waals surface area contributed by atoms with Crippen LogP contribution in [0.3, 0.4) is 0 Å². The second-order valence-electron chi connectivity index (χ2n) is 4.15. The first-order valence-corrected chi connectivity index (χ1v) is 5.44. The molecule has 0 radical (unpaired) electrons. The van der Waals surface area contributed by atoms with E-state index in [1.54, 1.807) is 24.3 Å². The molecule has 4 nitrogen and oxygen atoms in total. The minimum Gasteiger partial charge on any atom is -0.507 e. The number of aromatic hydroxyl groups is 1. The summed E-state index contributed by atoms with van der Waals surface area (Å²) in [6.45, 7) is 3.78. The number of phenols is 1. The van der Waals surface area contributed by atoms with E-state index in [0.717, 1.165) is 18.4 Å². The van der Waals surface area contributed by atoms with E-state index in [9.17, 15) is 9.90 Å². The zero-order chi connectivity index (χ0) is 12.3. The van der Waals surface area contributed by atoms with Crippen LogP contribution in [0.5, 0.6) is 5.75 Å². The Morgan fingerprint density at radius 1 is 1.47 bits per heavy atom. The van der Waals surface area contributed by atoms with Gasteiger partial charge in [-0.1, -0.05) is 24.3 Å². The van der Waals surface area contributed by atoms with Crippen LogP contribution in [-0.2, 0) is 4.79 Å². The van der Waals surface area contributed by atoms with E-state index in [4.69, 9.17) is 0 Å². The molecule has 1 fully saturated rings. The number of amides is 1. The lowest BCUT2D eigenvalue weighted by atomic mass is 9.81. The van der Waals surface area contributed by atoms with Gasteiger partial charge >= 0.3 is 0 Å². The summed E-state index contributed by atoms with van der Waals surface area (Å²) in [5.41, 5.74) is 4.14. The zero-order valence-corrected chi connectivity index (χ0v) is 9.39. The van der Waals surface area contributed by atoms with Gasteiger partial charge in [0.25, 0.3) is 0 Å². The molecule has 1 aliphatic rings. The van der Waals surface area contributed by atoms with Gasteiger partial charge in [-0.2, -0.15) is 5.10 Å². The Hall–Kier alpha value is -2.10. The van der Waals surface area contributed by atoms with Gasteiger partial charge in [0.15, 0.2) is 0 Å². The number of allylic oxidation sites excluding steroid dienone is 1. The second kappa shape index (κ2) is 4.82. The Labute approximate surface area is 99.7 Å². The SMILES string of the molecule is C=C1CC(C(=O)N/N=C/c2ccccc2O)C1. The average Bonchev–Trinajstić information content (AvgIpc) is 2.27. The van der Waals surface area contributed by atoms with E-state index >= 15 is 0 Å². The first kappa shape index (κ1) is 11.4. The normalized spacial score (nSPS) is 15.9. The molecule has 1 aromatic carbocycles. The molecule has 1 aromatic rings. The van der Waals surface area contributed by atoms with Gasteiger partial charge in [0.05, 0.1) is 6.21 Å². The molecule has 0 unspecified atom stereocenters. The molecule has 0 saturated heterocycles. The summed E-state index contributed by atoms with van der Waals surface area (Å²) in [6, 6.07) is 6.80. The minimum absolute atomic E-state index is 0.00372. The molecule has 2 N–H and O–H groups in total. The van der Waals surface area contributed by atoms with Crippen LogP contribution in [0, 0.1) is 5.92 Å². The Balaban J connectivity index is 1.88. The molecule has 0 atom stereocenters. The summed E-state index contributed by atoms with van der Waals surface area (Å²) in [7, 11) is 0. The van der Waals surface area contributed by atoms with Crippen LogP contribution in [-0.4, -0.2) is 17.2 Å². The van der Waals surface area contributed by atoms with Crippen LogP contribution in [0.4, 0.5) is 0 Å². The Bertz CT molecular complexity index is 472. The van der Waals surface area contributed by atoms with Crippen molar-refractivity contribution >= 4 is 12.1 Å². The summed E-state index contributed by atoms with van der Waals surface area (Å²) in [5, 5.41) is 13.3. The Kier molecular flexibility index (Phi) is 3.23. The molecule has 0 spiro atoms. The van der Waals surface area contributed by atoms with Crippen LogP contribution in [0.2, 0.25) is 0 Å². The highest BCUT2D eigenvalue weighted by molar-refractivity contribution is 5.86. The summed E-state index contributed by atoms with van der Waals surface area (Å²) in [6.07, 6.45) is 2.93. The molecule has 0 heterocycles. The lowest BCUT2D eigenvalue weighted by Crippen LogP contribution is -2.32. The summed E-state index contributed by atoms with van der Waals surface area (Å²) in [5.74, 6) is 0.0515. The van der Waals surface area contributed by atoms with E-state index in [1.165, 1.54) is 6.21 Å². The number of hydrogen-bond acceptors (Lipinski definition) is 3. The van der Waals surface area contributed by atoms with Crippen LogP contribution < -0.4 is 5.43 Å². The van der Waals surface area contributed by atoms with E-state index in [-0.39, 0.29) is 17.6 Å². The number of phenolic OH excluding ortho intramolecular Hbond substituents is 1. The van der Waals surface area contributed by atoms with E-state index in [2.05, 4.69) is 17.1 Å². The summed E-state index contributed by atoms with van der Waals surface area (Å²) in [4.78, 5) is 11.5. The predicted octanol–water partition coefficient (Wildman–Crippen LogP) is 1.81. The summed E-state index contributed by atoms with van der Waals surface area (Å²) < 4.78 is 0. The fourth-order valence-corrected chi connectivity index (χ4v) is 1.68. The molecule has 4 heteroatoms. The topological polar surface area (TPSA) is 61.7 Å². The second-order valence-corrected chi connectivity index (χ2v) is 4.15. The van der Waals surface area contributed by atoms with Gasteiger partial charge in [0.2, 0.25) is 5.91 Å². The molecule has 1 saturated carbocycles. The highest BCUT2D eigenvalue weighted by Gasteiger charge is 2.27. The van der Waals surface area contributed by atoms with E-state index in [0.29, 0.717) is 5.56 Å². The molecule has 1 aliphatic carbocycles. The van der Waals surface area contributed by atoms with Crippen molar-refractivity contribution in [1.29, 1.82) is 0 Å². The maximum absolute atomic E-state index is 11.5. The third kappa shape index (κ3) is 2.72. The van der Waals surface area contributed by atoms with E-state index in [1.807, 2.05) is 0 Å². The highest BCUT2D eigenvalue weighted by atomic mass is 16.3. The average molecular weight is 230 g/mol. The standard InChI is InChI=1S/C13H14N2O2/c1-9-6-11(7-9)13(17)15-14-8-10-4-2-3-5-12(10)16/h2-5,8,11,16H,1,6-7H2,(H,15,17)/b14-8+. The van der Waals surface area contributed by atoms with Crippen LogP contribution in [0.15, 0.2) is 41.5 Å². The largest absolute Gasteiger partial charge is 0.507 e. The number of para-hydroxylation sites is 1. The van der Waals surface area contributed by atoms with E-state index < -0.39 is 0 Å². The lowest BCUT2D eigenvalue weighted by molar-refractivity contribution is -0.126. The van der Waals surface area contributed by atoms with Crippen molar-refractivity contribution in [3.63, 3.8) is 0 Å². The van der Waals surface area contributed by atoms with Gasteiger partial charge in [0.1, 0.15) is 5.75 Å². The van der Waals surface area contributed by atoms with Gasteiger partial charge < -0.3 is 5.11 Å². The van der Waals surface area contributed by atoms with Crippen LogP contribution >= 0.6 is 0 Å². The lowest BCUT2D eigenvalue weighted by Gasteiger charge is -2.25. The van der Waals surface area contributed by atoms with Crippen molar-refractivity contribution in [3.8, 4) is 5.75 Å². The maximum Gasteiger partial charge on any atom is 0.243 e. The number of benzene rings is 1. The number of hydrazone groups is 1. The third-order valence-electron chi connectivity index (χ3n) is 2.76. The van der Waals surface area contributed by atoms with Gasteiger partial charge in [-0.3, -0.25) is 4.79 Å². The fourth-order valence-electron chi connectivity index (χ4n) is 1.68. The molecular weight excluding hydrogens is 216 g/mol. The van der Waals surface area contributed by atoms with Crippen molar-refractivity contribution in [3.05, 3.63) is 42.0 Å². The Morgan fingerprint density at radius 3 is 2.82 bits per heavy atom. The van der Waals surface area contributed by atoms with Crippen LogP contribution in [0.25, 0.3) is 0 Å². The Morgan fingerprint density at radius 2 is 2.18 bits per heavy atom. The van der Waals surface area contributed by atoms with Crippen molar-refractivity contribution in [2.24, 2.45) is 11.0 Å². The minimum atomic E-state index is -0.0935. The molecule has 0 aromatic heterocycles. The molecule has 88 valence electrons. The number of carbonyl (C=O) groups excluding carboxylic acids is 1. The van der Waals surface area contributed by atoms with Gasteiger partial charge in [0, 0.05) is 11.5 Å². The number of hydrogen-bond donors (Lipinski definition) is 2.